The van der Waals surface area contributed by atoms with Crippen LogP contribution >= 0.6 is 7.82 Å². The average Bonchev–Trinajstić information content (AvgIpc) is 0.722. The van der Waals surface area contributed by atoms with Crippen LogP contribution in [0.2, 0.25) is 0 Å². The Hall–Kier alpha value is 2.56. The second kappa shape index (κ2) is 9.56. The van der Waals surface area contributed by atoms with Gasteiger partial charge in [0.15, 0.2) is 0 Å². The van der Waals surface area contributed by atoms with Crippen molar-refractivity contribution in [2.45, 2.75) is 0 Å². The summed E-state index contributed by atoms with van der Waals surface area (Å²) in [6, 6.07) is 0. The van der Waals surface area contributed by atoms with Crippen molar-refractivity contribution in [3.05, 3.63) is 0 Å². The van der Waals surface area contributed by atoms with Crippen LogP contribution in [0.15, 0.2) is 0 Å². The van der Waals surface area contributed by atoms with Crippen molar-refractivity contribution in [1.82, 2.24) is 0 Å². The summed E-state index contributed by atoms with van der Waals surface area (Å²) in [7, 11) is -5.39. The maximum absolute atomic E-state index is 8.55. The van der Waals surface area contributed by atoms with E-state index in [0.29, 0.717) is 0 Å². The van der Waals surface area contributed by atoms with E-state index in [-0.39, 0.29) is 73.7 Å². The molecule has 32 valence electrons. The maximum atomic E-state index is 8.55. The van der Waals surface area contributed by atoms with E-state index in [4.69, 9.17) is 19.2 Å². The van der Waals surface area contributed by atoms with Crippen molar-refractivity contribution in [2.75, 3.05) is 0 Å². The minimum Gasteiger partial charge on any atom is -0.822 e. The van der Waals surface area contributed by atoms with Gasteiger partial charge in [-0.25, -0.2) is 0 Å². The van der Waals surface area contributed by atoms with Crippen LogP contribution in [0.5, 0.6) is 0 Å². The number of phosphoric acid groups is 1. The Morgan fingerprint density at radius 2 is 1.12 bits per heavy atom. The topological polar surface area (TPSA) is 86.2 Å². The van der Waals surface area contributed by atoms with Gasteiger partial charge in [-0.2, -0.15) is 7.82 Å². The van der Waals surface area contributed by atoms with Gasteiger partial charge in [0.05, 0.1) is 0 Å². The largest absolute Gasteiger partial charge is 5.00 e. The first-order valence-electron chi connectivity index (χ1n) is 0.730. The predicted molar refractivity (Wildman–Crippen MR) is 7.61 cm³/mol. The molecule has 0 fully saturated rings. The van der Waals surface area contributed by atoms with Gasteiger partial charge in [-0.05, 0) is 0 Å². The second-order valence-corrected chi connectivity index (χ2v) is 1.34. The molecule has 0 aromatic rings. The first kappa shape index (κ1) is 22.4. The molecule has 0 bridgehead atoms. The van der Waals surface area contributed by atoms with E-state index in [0.717, 1.165) is 0 Å². The SMILES string of the molecule is O=P([O-])([O-])[O-].[Na+].[Nb+5].[Ti+4]. The molecule has 8 heavy (non-hydrogen) atoms. The van der Waals surface area contributed by atoms with Gasteiger partial charge in [-0.3, -0.25) is 0 Å². The van der Waals surface area contributed by atoms with E-state index in [1.165, 1.54) is 0 Å². The zero-order valence-electron chi connectivity index (χ0n) is 4.03. The standard InChI is InChI=1S/Na.Nb.H3O4P.Ti/c;;1-5(2,3)4;/h;;(H3,1,2,3,4);/q+1;+5;;+4/p-3. The fraction of sp³-hybridized carbons (Fsp3) is 0. The van der Waals surface area contributed by atoms with Gasteiger partial charge in [0, 0.05) is 0 Å². The smallest absolute Gasteiger partial charge is 0.822 e. The summed E-state index contributed by atoms with van der Waals surface area (Å²) in [6.07, 6.45) is 0. The van der Waals surface area contributed by atoms with Crippen LogP contribution in [0.4, 0.5) is 0 Å². The fourth-order valence-corrected chi connectivity index (χ4v) is 0. The number of rotatable bonds is 0. The van der Waals surface area contributed by atoms with Gasteiger partial charge in [0.25, 0.3) is 0 Å². The molecule has 0 N–H and O–H groups in total. The van der Waals surface area contributed by atoms with Crippen molar-refractivity contribution < 1.29 is 92.9 Å². The molecule has 0 amide bonds. The molecule has 0 aromatic heterocycles. The molecule has 0 rings (SSSR count). The van der Waals surface area contributed by atoms with Crippen molar-refractivity contribution in [2.24, 2.45) is 0 Å². The summed E-state index contributed by atoms with van der Waals surface area (Å²) in [5, 5.41) is 0. The van der Waals surface area contributed by atoms with Gasteiger partial charge >= 0.3 is 73.7 Å². The zero-order valence-corrected chi connectivity index (χ0v) is 10.7. The molecule has 0 saturated carbocycles. The minimum atomic E-state index is -5.39. The summed E-state index contributed by atoms with van der Waals surface area (Å²) in [4.78, 5) is 25.6. The minimum absolute atomic E-state index is 0. The third-order valence-electron chi connectivity index (χ3n) is 0. The van der Waals surface area contributed by atoms with Crippen molar-refractivity contribution in [1.29, 1.82) is 0 Å². The monoisotopic (exact) mass is 259 g/mol. The summed E-state index contributed by atoms with van der Waals surface area (Å²) in [6.45, 7) is 0. The van der Waals surface area contributed by atoms with Gasteiger partial charge < -0.3 is 19.2 Å². The van der Waals surface area contributed by atoms with E-state index in [2.05, 4.69) is 0 Å². The first-order valence-corrected chi connectivity index (χ1v) is 2.19. The average molecular weight is 259 g/mol. The molecule has 0 spiro atoms. The molecule has 0 unspecified atom stereocenters. The molecule has 0 saturated heterocycles. The second-order valence-electron chi connectivity index (χ2n) is 0.447. The Morgan fingerprint density at radius 3 is 1.12 bits per heavy atom. The summed E-state index contributed by atoms with van der Waals surface area (Å²) in [5.74, 6) is 0. The molecule has 0 heterocycles. The molecule has 0 radical (unpaired) electrons. The van der Waals surface area contributed by atoms with Gasteiger partial charge in [-0.15, -0.1) is 0 Å². The molecule has 0 atom stereocenters. The Kier molecular flexibility index (Phi) is 26.8. The summed E-state index contributed by atoms with van der Waals surface area (Å²) < 4.78 is 8.55. The van der Waals surface area contributed by atoms with E-state index in [1.54, 1.807) is 0 Å². The molecule has 0 aromatic carbocycles. The molecule has 0 aliphatic carbocycles. The van der Waals surface area contributed by atoms with Gasteiger partial charge in [-0.1, -0.05) is 0 Å². The van der Waals surface area contributed by atoms with Gasteiger partial charge in [0.2, 0.25) is 0 Å². The normalized spacial score (nSPS) is 7.38. The fourth-order valence-electron chi connectivity index (χ4n) is 0. The van der Waals surface area contributed by atoms with Crippen molar-refractivity contribution >= 4 is 7.82 Å². The molecule has 0 aliphatic heterocycles. The van der Waals surface area contributed by atoms with Crippen molar-refractivity contribution in [3.63, 3.8) is 0 Å². The molecule has 8 heteroatoms. The van der Waals surface area contributed by atoms with Crippen LogP contribution in [0.1, 0.15) is 0 Å². The summed E-state index contributed by atoms with van der Waals surface area (Å²) in [5.41, 5.74) is 0. The summed E-state index contributed by atoms with van der Waals surface area (Å²) >= 11 is 0. The predicted octanol–water partition coefficient (Wildman–Crippen LogP) is -5.83. The van der Waals surface area contributed by atoms with Crippen LogP contribution in [-0.4, -0.2) is 0 Å². The molecular formula is NaNbO4PTi+7. The Balaban J connectivity index is -0.0000000267. The Morgan fingerprint density at radius 1 is 1.12 bits per heavy atom. The maximum Gasteiger partial charge on any atom is 5.00 e. The van der Waals surface area contributed by atoms with Crippen molar-refractivity contribution in [3.8, 4) is 0 Å². The van der Waals surface area contributed by atoms with Crippen LogP contribution < -0.4 is 44.2 Å². The zero-order chi connectivity index (χ0) is 4.50. The van der Waals surface area contributed by atoms with Gasteiger partial charge in [0.1, 0.15) is 0 Å². The van der Waals surface area contributed by atoms with E-state index < -0.39 is 7.82 Å². The molecule has 0 aliphatic rings. The van der Waals surface area contributed by atoms with Crippen LogP contribution in [-0.2, 0) is 48.7 Å². The Labute approximate surface area is 99.4 Å². The Bertz CT molecular complexity index is 62.2. The quantitative estimate of drug-likeness (QED) is 0.320. The van der Waals surface area contributed by atoms with E-state index in [9.17, 15) is 0 Å². The first-order chi connectivity index (χ1) is 2.00. The van der Waals surface area contributed by atoms with E-state index >= 15 is 0 Å². The van der Waals surface area contributed by atoms with E-state index in [1.807, 2.05) is 0 Å². The number of hydrogen-bond acceptors (Lipinski definition) is 4. The van der Waals surface area contributed by atoms with Crippen LogP contribution in [0.25, 0.3) is 0 Å². The molecular weight excluding hydrogens is 259 g/mol. The third-order valence-corrected chi connectivity index (χ3v) is 0. The number of hydrogen-bond donors (Lipinski definition) is 0. The van der Waals surface area contributed by atoms with Crippen LogP contribution in [0.3, 0.4) is 0 Å². The molecule has 4 nitrogen and oxygen atoms in total. The third kappa shape index (κ3) is 74.5. The van der Waals surface area contributed by atoms with Crippen LogP contribution in [0, 0.1) is 0 Å².